The minimum absolute atomic E-state index is 0.106. The summed E-state index contributed by atoms with van der Waals surface area (Å²) < 4.78 is 0. The first-order valence-corrected chi connectivity index (χ1v) is 8.07. The van der Waals surface area contributed by atoms with Crippen LogP contribution in [0, 0.1) is 0 Å². The van der Waals surface area contributed by atoms with Crippen molar-refractivity contribution in [3.63, 3.8) is 0 Å². The average molecular weight is 313 g/mol. The summed E-state index contributed by atoms with van der Waals surface area (Å²) in [5, 5.41) is 13.1. The maximum Gasteiger partial charge on any atom is 0.0642 e. The summed E-state index contributed by atoms with van der Waals surface area (Å²) in [7, 11) is 2.06. The second-order valence-corrected chi connectivity index (χ2v) is 7.00. The van der Waals surface area contributed by atoms with Crippen LogP contribution in [-0.2, 0) is 6.54 Å². The van der Waals surface area contributed by atoms with Gasteiger partial charge in [-0.25, -0.2) is 0 Å². The average Bonchev–Trinajstić information content (AvgIpc) is 2.40. The first-order chi connectivity index (χ1) is 9.83. The predicted octanol–water partition coefficient (Wildman–Crippen LogP) is 3.83. The monoisotopic (exact) mass is 312 g/mol. The van der Waals surface area contributed by atoms with Gasteiger partial charge in [-0.2, -0.15) is 0 Å². The third-order valence-electron chi connectivity index (χ3n) is 3.40. The maximum absolute atomic E-state index is 8.79. The molecule has 0 saturated carbocycles. The molecule has 1 aromatic carbocycles. The third-order valence-corrected chi connectivity index (χ3v) is 3.70. The molecule has 0 aliphatic heterocycles. The number of benzene rings is 1. The Balaban J connectivity index is 2.56. The molecule has 21 heavy (non-hydrogen) atoms. The Bertz CT molecular complexity index is 429. The summed E-state index contributed by atoms with van der Waals surface area (Å²) >= 11 is 6.40. The van der Waals surface area contributed by atoms with Gasteiger partial charge in [-0.3, -0.25) is 0 Å². The molecule has 0 radical (unpaired) electrons. The van der Waals surface area contributed by atoms with Crippen LogP contribution in [0.25, 0.3) is 0 Å². The molecule has 0 saturated heterocycles. The smallest absolute Gasteiger partial charge is 0.0642 e. The molecule has 0 unspecified atom stereocenters. The van der Waals surface area contributed by atoms with Crippen LogP contribution >= 0.6 is 11.6 Å². The van der Waals surface area contributed by atoms with E-state index >= 15 is 0 Å². The van der Waals surface area contributed by atoms with Gasteiger partial charge < -0.3 is 15.3 Å². The standard InChI is InChI=1S/C17H29ClN2O/c1-17(2,3)19-13-14-8-9-16(15(18)12-14)20(4)10-6-5-7-11-21/h8-9,12,19,21H,5-7,10-11,13H2,1-4H3. The Labute approximate surface area is 134 Å². The molecule has 0 atom stereocenters. The van der Waals surface area contributed by atoms with Gasteiger partial charge in [0.15, 0.2) is 0 Å². The van der Waals surface area contributed by atoms with Gasteiger partial charge >= 0.3 is 0 Å². The molecule has 4 heteroatoms. The molecule has 120 valence electrons. The van der Waals surface area contributed by atoms with Crippen LogP contribution in [0.15, 0.2) is 18.2 Å². The van der Waals surface area contributed by atoms with Crippen molar-refractivity contribution in [1.82, 2.24) is 5.32 Å². The third kappa shape index (κ3) is 7.16. The molecule has 0 aliphatic rings. The fourth-order valence-corrected chi connectivity index (χ4v) is 2.44. The van der Waals surface area contributed by atoms with Gasteiger partial charge in [0.05, 0.1) is 10.7 Å². The number of rotatable bonds is 8. The van der Waals surface area contributed by atoms with E-state index in [1.807, 2.05) is 6.07 Å². The predicted molar refractivity (Wildman–Crippen MR) is 92.3 cm³/mol. The fourth-order valence-electron chi connectivity index (χ4n) is 2.10. The van der Waals surface area contributed by atoms with E-state index in [0.717, 1.165) is 43.1 Å². The summed E-state index contributed by atoms with van der Waals surface area (Å²) in [4.78, 5) is 2.18. The summed E-state index contributed by atoms with van der Waals surface area (Å²) in [6.45, 7) is 8.53. The number of hydrogen-bond acceptors (Lipinski definition) is 3. The van der Waals surface area contributed by atoms with Crippen molar-refractivity contribution >= 4 is 17.3 Å². The van der Waals surface area contributed by atoms with Gasteiger partial charge in [0, 0.05) is 32.3 Å². The lowest BCUT2D eigenvalue weighted by Gasteiger charge is -2.23. The Morgan fingerprint density at radius 3 is 2.48 bits per heavy atom. The van der Waals surface area contributed by atoms with Crippen LogP contribution in [0.1, 0.15) is 45.6 Å². The largest absolute Gasteiger partial charge is 0.396 e. The minimum atomic E-state index is 0.106. The normalized spacial score (nSPS) is 11.7. The van der Waals surface area contributed by atoms with Crippen LogP contribution in [0.4, 0.5) is 5.69 Å². The van der Waals surface area contributed by atoms with Crippen LogP contribution in [0.2, 0.25) is 5.02 Å². The molecule has 2 N–H and O–H groups in total. The Hall–Kier alpha value is -0.770. The van der Waals surface area contributed by atoms with E-state index in [-0.39, 0.29) is 12.1 Å². The number of nitrogens with one attached hydrogen (secondary N) is 1. The van der Waals surface area contributed by atoms with Crippen LogP contribution in [-0.4, -0.2) is 30.8 Å². The van der Waals surface area contributed by atoms with Crippen molar-refractivity contribution in [2.24, 2.45) is 0 Å². The van der Waals surface area contributed by atoms with E-state index in [9.17, 15) is 0 Å². The van der Waals surface area contributed by atoms with E-state index in [1.54, 1.807) is 0 Å². The fraction of sp³-hybridized carbons (Fsp3) is 0.647. The lowest BCUT2D eigenvalue weighted by molar-refractivity contribution is 0.283. The van der Waals surface area contributed by atoms with Crippen LogP contribution < -0.4 is 10.2 Å². The van der Waals surface area contributed by atoms with Crippen molar-refractivity contribution in [2.75, 3.05) is 25.1 Å². The van der Waals surface area contributed by atoms with E-state index in [1.165, 1.54) is 5.56 Å². The van der Waals surface area contributed by atoms with Crippen LogP contribution in [0.3, 0.4) is 0 Å². The number of hydrogen-bond donors (Lipinski definition) is 2. The Morgan fingerprint density at radius 1 is 1.19 bits per heavy atom. The number of nitrogens with zero attached hydrogens (tertiary/aromatic N) is 1. The lowest BCUT2D eigenvalue weighted by atomic mass is 10.1. The topological polar surface area (TPSA) is 35.5 Å². The molecule has 1 aromatic rings. The Morgan fingerprint density at radius 2 is 1.90 bits per heavy atom. The first-order valence-electron chi connectivity index (χ1n) is 7.69. The molecular weight excluding hydrogens is 284 g/mol. The number of unbranched alkanes of at least 4 members (excludes halogenated alkanes) is 2. The molecule has 0 spiro atoms. The highest BCUT2D eigenvalue weighted by atomic mass is 35.5. The summed E-state index contributed by atoms with van der Waals surface area (Å²) in [6, 6.07) is 6.26. The van der Waals surface area contributed by atoms with E-state index in [2.05, 4.69) is 50.2 Å². The molecule has 0 aromatic heterocycles. The molecule has 1 rings (SSSR count). The van der Waals surface area contributed by atoms with E-state index < -0.39 is 0 Å². The summed E-state index contributed by atoms with van der Waals surface area (Å²) in [6.07, 6.45) is 2.99. The molecule has 0 amide bonds. The van der Waals surface area contributed by atoms with Crippen LogP contribution in [0.5, 0.6) is 0 Å². The molecule has 0 bridgehead atoms. The van der Waals surface area contributed by atoms with Crippen molar-refractivity contribution < 1.29 is 5.11 Å². The zero-order chi connectivity index (χ0) is 15.9. The number of aliphatic hydroxyl groups excluding tert-OH is 1. The van der Waals surface area contributed by atoms with E-state index in [0.29, 0.717) is 0 Å². The van der Waals surface area contributed by atoms with Crippen molar-refractivity contribution in [3.05, 3.63) is 28.8 Å². The summed E-state index contributed by atoms with van der Waals surface area (Å²) in [5.41, 5.74) is 2.38. The maximum atomic E-state index is 8.79. The first kappa shape index (κ1) is 18.3. The lowest BCUT2D eigenvalue weighted by Crippen LogP contribution is -2.35. The molecular formula is C17H29ClN2O. The zero-order valence-electron chi connectivity index (χ0n) is 13.7. The quantitative estimate of drug-likeness (QED) is 0.716. The number of aliphatic hydroxyl groups is 1. The van der Waals surface area contributed by atoms with E-state index in [4.69, 9.17) is 16.7 Å². The van der Waals surface area contributed by atoms with Gasteiger partial charge in [0.2, 0.25) is 0 Å². The zero-order valence-corrected chi connectivity index (χ0v) is 14.5. The number of anilines is 1. The number of halogens is 1. The van der Waals surface area contributed by atoms with Crippen molar-refractivity contribution in [3.8, 4) is 0 Å². The molecule has 0 aliphatic carbocycles. The van der Waals surface area contributed by atoms with Crippen molar-refractivity contribution in [2.45, 2.75) is 52.1 Å². The van der Waals surface area contributed by atoms with Gasteiger partial charge in [-0.1, -0.05) is 17.7 Å². The molecule has 0 heterocycles. The summed E-state index contributed by atoms with van der Waals surface area (Å²) in [5.74, 6) is 0. The highest BCUT2D eigenvalue weighted by Crippen LogP contribution is 2.26. The van der Waals surface area contributed by atoms with Crippen molar-refractivity contribution in [1.29, 1.82) is 0 Å². The second kappa shape index (κ2) is 8.62. The highest BCUT2D eigenvalue weighted by molar-refractivity contribution is 6.33. The van der Waals surface area contributed by atoms with Gasteiger partial charge in [-0.05, 0) is 57.7 Å². The SMILES string of the molecule is CN(CCCCCO)c1ccc(CNC(C)(C)C)cc1Cl. The molecule has 3 nitrogen and oxygen atoms in total. The highest BCUT2D eigenvalue weighted by Gasteiger charge is 2.10. The molecule has 0 fully saturated rings. The van der Waals surface area contributed by atoms with Gasteiger partial charge in [0.25, 0.3) is 0 Å². The van der Waals surface area contributed by atoms with Gasteiger partial charge in [0.1, 0.15) is 0 Å². The minimum Gasteiger partial charge on any atom is -0.396 e. The second-order valence-electron chi connectivity index (χ2n) is 6.60. The Kier molecular flexibility index (Phi) is 7.50. The van der Waals surface area contributed by atoms with Gasteiger partial charge in [-0.15, -0.1) is 0 Å².